The summed E-state index contributed by atoms with van der Waals surface area (Å²) in [7, 11) is 0. The molecule has 0 aromatic heterocycles. The summed E-state index contributed by atoms with van der Waals surface area (Å²) in [5, 5.41) is 27.7. The van der Waals surface area contributed by atoms with E-state index >= 15 is 0 Å². The van der Waals surface area contributed by atoms with Crippen LogP contribution in [0.5, 0.6) is 11.5 Å². The fraction of sp³-hybridized carbons (Fsp3) is 0. The third-order valence-electron chi connectivity index (χ3n) is 3.36. The highest BCUT2D eigenvalue weighted by molar-refractivity contribution is 6.30. The Bertz CT molecular complexity index is 777. The van der Waals surface area contributed by atoms with E-state index in [2.05, 4.69) is 10.6 Å². The summed E-state index contributed by atoms with van der Waals surface area (Å²) in [5.41, 5.74) is 2.26. The van der Waals surface area contributed by atoms with Crippen molar-refractivity contribution in [3.05, 3.63) is 70.7 Å². The lowest BCUT2D eigenvalue weighted by Gasteiger charge is -2.13. The highest BCUT2D eigenvalue weighted by atomic mass is 35.5. The topological polar surface area (TPSA) is 64.5 Å². The number of aromatic hydroxyl groups is 2. The molecule has 0 aliphatic heterocycles. The zero-order chi connectivity index (χ0) is 17.1. The van der Waals surface area contributed by atoms with Gasteiger partial charge in [0, 0.05) is 33.6 Å². The lowest BCUT2D eigenvalue weighted by molar-refractivity contribution is 0.464. The molecule has 0 heterocycles. The second kappa shape index (κ2) is 6.91. The number of rotatable bonds is 4. The van der Waals surface area contributed by atoms with Crippen LogP contribution in [0.1, 0.15) is 0 Å². The minimum atomic E-state index is -0.000728. The van der Waals surface area contributed by atoms with Crippen molar-refractivity contribution >= 4 is 46.0 Å². The molecular weight excluding hydrogens is 347 g/mol. The highest BCUT2D eigenvalue weighted by Gasteiger charge is 2.09. The van der Waals surface area contributed by atoms with Crippen LogP contribution in [-0.4, -0.2) is 10.2 Å². The molecule has 4 N–H and O–H groups in total. The van der Waals surface area contributed by atoms with Gasteiger partial charge in [0.25, 0.3) is 0 Å². The first-order valence-electron chi connectivity index (χ1n) is 7.12. The summed E-state index contributed by atoms with van der Waals surface area (Å²) in [4.78, 5) is 0. The number of anilines is 4. The molecular formula is C18H14Cl2N2O2. The largest absolute Gasteiger partial charge is 0.506 e. The van der Waals surface area contributed by atoms with Gasteiger partial charge in [-0.25, -0.2) is 0 Å². The van der Waals surface area contributed by atoms with Gasteiger partial charge in [0.05, 0.1) is 11.4 Å². The number of halogens is 2. The van der Waals surface area contributed by atoms with Crippen LogP contribution in [0, 0.1) is 0 Å². The van der Waals surface area contributed by atoms with E-state index in [0.717, 1.165) is 11.4 Å². The SMILES string of the molecule is Oc1cc(Nc2ccc(Cl)cc2)c(O)cc1Nc1ccc(Cl)cc1. The van der Waals surface area contributed by atoms with Crippen molar-refractivity contribution in [1.29, 1.82) is 0 Å². The number of hydrogen-bond donors (Lipinski definition) is 4. The second-order valence-electron chi connectivity index (χ2n) is 5.15. The van der Waals surface area contributed by atoms with Gasteiger partial charge in [-0.05, 0) is 48.5 Å². The van der Waals surface area contributed by atoms with E-state index in [1.165, 1.54) is 12.1 Å². The maximum atomic E-state index is 10.2. The Balaban J connectivity index is 1.82. The predicted molar refractivity (Wildman–Crippen MR) is 99.2 cm³/mol. The molecule has 3 aromatic carbocycles. The molecule has 0 unspecified atom stereocenters. The number of nitrogens with one attached hydrogen (secondary N) is 2. The first-order chi connectivity index (χ1) is 11.5. The molecule has 0 bridgehead atoms. The molecule has 0 fully saturated rings. The Morgan fingerprint density at radius 3 is 1.25 bits per heavy atom. The maximum absolute atomic E-state index is 10.2. The quantitative estimate of drug-likeness (QED) is 0.346. The van der Waals surface area contributed by atoms with Crippen LogP contribution >= 0.6 is 23.2 Å². The molecule has 0 amide bonds. The van der Waals surface area contributed by atoms with Gasteiger partial charge in [-0.1, -0.05) is 23.2 Å². The first-order valence-corrected chi connectivity index (χ1v) is 7.88. The predicted octanol–water partition coefficient (Wildman–Crippen LogP) is 5.89. The molecule has 3 rings (SSSR count). The van der Waals surface area contributed by atoms with Gasteiger partial charge in [-0.15, -0.1) is 0 Å². The summed E-state index contributed by atoms with van der Waals surface area (Å²) in [6, 6.07) is 16.9. The van der Waals surface area contributed by atoms with Gasteiger partial charge >= 0.3 is 0 Å². The monoisotopic (exact) mass is 360 g/mol. The molecule has 24 heavy (non-hydrogen) atoms. The van der Waals surface area contributed by atoms with E-state index in [1.54, 1.807) is 48.5 Å². The molecule has 0 atom stereocenters. The molecule has 4 nitrogen and oxygen atoms in total. The van der Waals surface area contributed by atoms with E-state index in [-0.39, 0.29) is 11.5 Å². The average Bonchev–Trinajstić information content (AvgIpc) is 2.56. The molecule has 0 saturated heterocycles. The Morgan fingerprint density at radius 2 is 0.917 bits per heavy atom. The molecule has 122 valence electrons. The first kappa shape index (κ1) is 16.3. The maximum Gasteiger partial charge on any atom is 0.141 e. The minimum absolute atomic E-state index is 0.000728. The summed E-state index contributed by atoms with van der Waals surface area (Å²) >= 11 is 11.7. The van der Waals surface area contributed by atoms with E-state index in [0.29, 0.717) is 21.4 Å². The number of phenols is 2. The summed E-state index contributed by atoms with van der Waals surface area (Å²) < 4.78 is 0. The Kier molecular flexibility index (Phi) is 4.69. The van der Waals surface area contributed by atoms with E-state index < -0.39 is 0 Å². The fourth-order valence-electron chi connectivity index (χ4n) is 2.15. The van der Waals surface area contributed by atoms with Crippen LogP contribution in [0.15, 0.2) is 60.7 Å². The van der Waals surface area contributed by atoms with Crippen molar-refractivity contribution in [3.8, 4) is 11.5 Å². The van der Waals surface area contributed by atoms with E-state index in [4.69, 9.17) is 23.2 Å². The lowest BCUT2D eigenvalue weighted by Crippen LogP contribution is -1.94. The Labute approximate surface area is 149 Å². The van der Waals surface area contributed by atoms with Crippen molar-refractivity contribution in [3.63, 3.8) is 0 Å². The molecule has 0 spiro atoms. The second-order valence-corrected chi connectivity index (χ2v) is 6.02. The van der Waals surface area contributed by atoms with Gasteiger partial charge in [0.2, 0.25) is 0 Å². The van der Waals surface area contributed by atoms with Gasteiger partial charge < -0.3 is 20.8 Å². The van der Waals surface area contributed by atoms with Crippen LogP contribution < -0.4 is 10.6 Å². The summed E-state index contributed by atoms with van der Waals surface area (Å²) in [6.07, 6.45) is 0. The van der Waals surface area contributed by atoms with Crippen molar-refractivity contribution in [2.24, 2.45) is 0 Å². The van der Waals surface area contributed by atoms with Gasteiger partial charge in [0.1, 0.15) is 11.5 Å². The van der Waals surface area contributed by atoms with Crippen LogP contribution in [0.25, 0.3) is 0 Å². The van der Waals surface area contributed by atoms with Gasteiger partial charge in [-0.2, -0.15) is 0 Å². The fourth-order valence-corrected chi connectivity index (χ4v) is 2.41. The van der Waals surface area contributed by atoms with Crippen LogP contribution in [0.3, 0.4) is 0 Å². The Morgan fingerprint density at radius 1 is 0.583 bits per heavy atom. The van der Waals surface area contributed by atoms with Crippen LogP contribution in [0.2, 0.25) is 10.0 Å². The van der Waals surface area contributed by atoms with Gasteiger partial charge in [-0.3, -0.25) is 0 Å². The normalized spacial score (nSPS) is 10.4. The zero-order valence-electron chi connectivity index (χ0n) is 12.4. The van der Waals surface area contributed by atoms with E-state index in [9.17, 15) is 10.2 Å². The molecule has 0 saturated carbocycles. The smallest absolute Gasteiger partial charge is 0.141 e. The molecule has 3 aromatic rings. The van der Waals surface area contributed by atoms with Crippen LogP contribution in [0.4, 0.5) is 22.7 Å². The Hall–Kier alpha value is -2.56. The summed E-state index contributed by atoms with van der Waals surface area (Å²) in [5.74, 6) is -0.00146. The third-order valence-corrected chi connectivity index (χ3v) is 3.86. The molecule has 0 radical (unpaired) electrons. The zero-order valence-corrected chi connectivity index (χ0v) is 13.9. The van der Waals surface area contributed by atoms with Crippen molar-refractivity contribution in [2.75, 3.05) is 10.6 Å². The standard InChI is InChI=1S/C18H14Cl2N2O2/c19-11-1-5-13(6-2-11)21-15-9-18(24)16(10-17(15)23)22-14-7-3-12(20)4-8-14/h1-10,21-24H. The molecule has 6 heteroatoms. The van der Waals surface area contributed by atoms with E-state index in [1.807, 2.05) is 0 Å². The number of phenolic OH excluding ortho intramolecular Hbond substituents is 2. The van der Waals surface area contributed by atoms with Crippen LogP contribution in [-0.2, 0) is 0 Å². The lowest BCUT2D eigenvalue weighted by atomic mass is 10.2. The average molecular weight is 361 g/mol. The van der Waals surface area contributed by atoms with Gasteiger partial charge in [0.15, 0.2) is 0 Å². The molecule has 0 aliphatic carbocycles. The summed E-state index contributed by atoms with van der Waals surface area (Å²) in [6.45, 7) is 0. The van der Waals surface area contributed by atoms with Crippen molar-refractivity contribution in [1.82, 2.24) is 0 Å². The highest BCUT2D eigenvalue weighted by Crippen LogP contribution is 2.38. The van der Waals surface area contributed by atoms with Crippen molar-refractivity contribution in [2.45, 2.75) is 0 Å². The minimum Gasteiger partial charge on any atom is -0.506 e. The third kappa shape index (κ3) is 3.85. The number of hydrogen-bond acceptors (Lipinski definition) is 4. The molecule has 0 aliphatic rings. The number of benzene rings is 3. The van der Waals surface area contributed by atoms with Crippen molar-refractivity contribution < 1.29 is 10.2 Å².